The molecule has 0 unspecified atom stereocenters. The van der Waals surface area contributed by atoms with Crippen LogP contribution in [0.2, 0.25) is 0 Å². The average Bonchev–Trinajstić information content (AvgIpc) is 3.64. The Bertz CT molecular complexity index is 1740. The van der Waals surface area contributed by atoms with Gasteiger partial charge in [-0.2, -0.15) is 4.99 Å². The van der Waals surface area contributed by atoms with Crippen LogP contribution in [-0.2, 0) is 16.2 Å². The van der Waals surface area contributed by atoms with E-state index in [4.69, 9.17) is 17.1 Å². The van der Waals surface area contributed by atoms with E-state index in [-0.39, 0.29) is 35.0 Å². The van der Waals surface area contributed by atoms with E-state index in [1.54, 1.807) is 4.90 Å². The second kappa shape index (κ2) is 13.9. The summed E-state index contributed by atoms with van der Waals surface area (Å²) in [6.45, 7) is 4.34. The molecule has 3 aromatic carbocycles. The summed E-state index contributed by atoms with van der Waals surface area (Å²) in [6.07, 6.45) is -3.29. The van der Waals surface area contributed by atoms with Gasteiger partial charge in [0.2, 0.25) is 11.0 Å². The number of halogens is 3. The fraction of sp³-hybridized carbons (Fsp3) is 0.258. The van der Waals surface area contributed by atoms with Crippen LogP contribution < -0.4 is 20.0 Å². The maximum absolute atomic E-state index is 12.9. The molecule has 1 aliphatic heterocycles. The molecule has 0 spiro atoms. The van der Waals surface area contributed by atoms with Crippen molar-refractivity contribution in [3.05, 3.63) is 84.2 Å². The molecule has 240 valence electrons. The van der Waals surface area contributed by atoms with E-state index in [9.17, 15) is 18.0 Å². The van der Waals surface area contributed by atoms with E-state index in [2.05, 4.69) is 39.1 Å². The summed E-state index contributed by atoms with van der Waals surface area (Å²) in [5.74, 6) is 0.493. The van der Waals surface area contributed by atoms with E-state index < -0.39 is 6.36 Å². The minimum atomic E-state index is -4.76. The molecule has 46 heavy (non-hydrogen) atoms. The highest BCUT2D eigenvalue weighted by atomic mass is 32.2. The number of anilines is 2. The molecule has 0 radical (unpaired) electrons. The molecule has 1 fully saturated rings. The molecule has 1 amide bonds. The molecule has 0 atom stereocenters. The van der Waals surface area contributed by atoms with Gasteiger partial charge in [0.1, 0.15) is 12.1 Å². The summed E-state index contributed by atoms with van der Waals surface area (Å²) in [5.41, 5.74) is 7.55. The zero-order chi connectivity index (χ0) is 33.0. The number of thiocarbonyl (C=S) groups is 1. The number of carbonyl (C=O) groups excluding carboxylic acids is 1. The highest BCUT2D eigenvalue weighted by molar-refractivity contribution is 8.15. The van der Waals surface area contributed by atoms with Gasteiger partial charge in [0.05, 0.1) is 23.7 Å². The van der Waals surface area contributed by atoms with Crippen molar-refractivity contribution in [3.63, 3.8) is 0 Å². The van der Waals surface area contributed by atoms with Gasteiger partial charge in [-0.15, -0.1) is 18.3 Å². The first kappa shape index (κ1) is 32.9. The summed E-state index contributed by atoms with van der Waals surface area (Å²) in [4.78, 5) is 30.9. The van der Waals surface area contributed by atoms with Crippen molar-refractivity contribution in [3.8, 4) is 22.8 Å². The zero-order valence-electron chi connectivity index (χ0n) is 25.3. The number of amidine groups is 1. The summed E-state index contributed by atoms with van der Waals surface area (Å²) in [7, 11) is 3.90. The quantitative estimate of drug-likeness (QED) is 0.159. The third-order valence-corrected chi connectivity index (χ3v) is 7.89. The monoisotopic (exact) mass is 669 g/mol. The molecule has 1 aliphatic rings. The van der Waals surface area contributed by atoms with Crippen molar-refractivity contribution < 1.29 is 27.5 Å². The fourth-order valence-electron chi connectivity index (χ4n) is 4.53. The van der Waals surface area contributed by atoms with Gasteiger partial charge in [0, 0.05) is 25.3 Å². The summed E-state index contributed by atoms with van der Waals surface area (Å²) in [6, 6.07) is 18.7. The minimum Gasteiger partial charge on any atom is -0.406 e. The first-order valence-electron chi connectivity index (χ1n) is 14.0. The smallest absolute Gasteiger partial charge is 0.406 e. The lowest BCUT2D eigenvalue weighted by molar-refractivity contribution is -0.274. The number of benzene rings is 3. The molecule has 1 saturated heterocycles. The van der Waals surface area contributed by atoms with Gasteiger partial charge < -0.3 is 9.64 Å². The topological polar surface area (TPSA) is 97.1 Å². The molecular weight excluding hydrogens is 640 g/mol. The highest BCUT2D eigenvalue weighted by Crippen LogP contribution is 2.36. The number of aliphatic imine (C=N–C) groups is 1. The van der Waals surface area contributed by atoms with Gasteiger partial charge in [-0.3, -0.25) is 14.5 Å². The molecule has 5 rings (SSSR count). The molecule has 0 saturated carbocycles. The number of rotatable bonds is 9. The van der Waals surface area contributed by atoms with E-state index >= 15 is 0 Å². The zero-order valence-corrected chi connectivity index (χ0v) is 26.9. The minimum absolute atomic E-state index is 0.0712. The van der Waals surface area contributed by atoms with Gasteiger partial charge in [0.15, 0.2) is 11.0 Å². The number of carbonyl (C=O) groups is 1. The van der Waals surface area contributed by atoms with Crippen LogP contribution in [0.5, 0.6) is 5.75 Å². The molecular formula is C31H30F3N7O3S2. The van der Waals surface area contributed by atoms with Crippen molar-refractivity contribution in [1.82, 2.24) is 20.2 Å². The lowest BCUT2D eigenvalue weighted by Gasteiger charge is -2.24. The number of ether oxygens (including phenoxy) is 1. The van der Waals surface area contributed by atoms with E-state index in [0.717, 1.165) is 28.1 Å². The number of hydroxylamine groups is 1. The van der Waals surface area contributed by atoms with E-state index in [1.807, 2.05) is 61.5 Å². The molecule has 15 heteroatoms. The number of hydrogen-bond acceptors (Lipinski definition) is 8. The van der Waals surface area contributed by atoms with Crippen LogP contribution in [0.4, 0.5) is 24.5 Å². The van der Waals surface area contributed by atoms with Crippen LogP contribution >= 0.6 is 24.0 Å². The molecule has 0 aliphatic carbocycles. The van der Waals surface area contributed by atoms with Crippen molar-refractivity contribution >= 4 is 51.5 Å². The number of hydrogen-bond donors (Lipinski definition) is 1. The Kier molecular flexibility index (Phi) is 9.94. The van der Waals surface area contributed by atoms with E-state index in [0.29, 0.717) is 16.7 Å². The molecule has 0 bridgehead atoms. The SMILES string of the molecule is CC(C)c1ccc(N(C)C)cc1N1C(=O)CSC1=NC(=S)NOCc1ccc(-c2ncn(-c3ccc(OC(F)(F)F)cc3)n2)cc1. The van der Waals surface area contributed by atoms with Crippen LogP contribution in [0, 0.1) is 0 Å². The number of alkyl halides is 3. The number of nitrogens with one attached hydrogen (secondary N) is 1. The number of thioether (sulfide) groups is 1. The molecule has 1 N–H and O–H groups in total. The van der Waals surface area contributed by atoms with Crippen molar-refractivity contribution in [2.24, 2.45) is 4.99 Å². The largest absolute Gasteiger partial charge is 0.573 e. The normalized spacial score (nSPS) is 14.3. The lowest BCUT2D eigenvalue weighted by Crippen LogP contribution is -2.32. The molecule has 10 nitrogen and oxygen atoms in total. The van der Waals surface area contributed by atoms with Crippen LogP contribution in [0.1, 0.15) is 30.9 Å². The first-order valence-corrected chi connectivity index (χ1v) is 15.4. The van der Waals surface area contributed by atoms with Crippen molar-refractivity contribution in [2.75, 3.05) is 29.6 Å². The van der Waals surface area contributed by atoms with E-state index in [1.165, 1.54) is 47.0 Å². The van der Waals surface area contributed by atoms with Crippen LogP contribution in [0.15, 0.2) is 78.0 Å². The maximum atomic E-state index is 12.9. The van der Waals surface area contributed by atoms with Crippen molar-refractivity contribution in [1.29, 1.82) is 0 Å². The Morgan fingerprint density at radius 1 is 1.11 bits per heavy atom. The third kappa shape index (κ3) is 8.02. The Hall–Kier alpha value is -4.47. The summed E-state index contributed by atoms with van der Waals surface area (Å²) >= 11 is 6.72. The summed E-state index contributed by atoms with van der Waals surface area (Å²) < 4.78 is 42.6. The maximum Gasteiger partial charge on any atom is 0.573 e. The second-order valence-corrected chi connectivity index (χ2v) is 12.0. The standard InChI is InChI=1S/C31H30F3N7O3S2/c1-19(2)25-14-11-23(39(3)4)15-26(25)41-27(42)17-46-30(41)36-29(45)38-43-16-20-5-7-21(8-6-20)28-35-18-40(37-28)22-9-12-24(13-10-22)44-31(32,33)34/h5-15,18-19H,16-17H2,1-4H3,(H,38,45). The van der Waals surface area contributed by atoms with Crippen molar-refractivity contribution in [2.45, 2.75) is 32.7 Å². The number of aromatic nitrogens is 3. The van der Waals surface area contributed by atoms with Crippen LogP contribution in [-0.4, -0.2) is 57.2 Å². The Morgan fingerprint density at radius 3 is 2.48 bits per heavy atom. The predicted molar refractivity (Wildman–Crippen MR) is 176 cm³/mol. The highest BCUT2D eigenvalue weighted by Gasteiger charge is 2.33. The summed E-state index contributed by atoms with van der Waals surface area (Å²) in [5, 5.41) is 4.98. The Morgan fingerprint density at radius 2 is 1.83 bits per heavy atom. The predicted octanol–water partition coefficient (Wildman–Crippen LogP) is 6.46. The van der Waals surface area contributed by atoms with Gasteiger partial charge in [0.25, 0.3) is 0 Å². The average molecular weight is 670 g/mol. The molecule has 2 heterocycles. The van der Waals surface area contributed by atoms with Crippen LogP contribution in [0.25, 0.3) is 17.1 Å². The molecule has 1 aromatic heterocycles. The Labute approximate surface area is 273 Å². The number of amides is 1. The van der Waals surface area contributed by atoms with Gasteiger partial charge >= 0.3 is 6.36 Å². The van der Waals surface area contributed by atoms with Gasteiger partial charge in [-0.05, 0) is 65.7 Å². The second-order valence-electron chi connectivity index (χ2n) is 10.7. The van der Waals surface area contributed by atoms with Gasteiger partial charge in [-0.1, -0.05) is 55.9 Å². The lowest BCUT2D eigenvalue weighted by atomic mass is 9.99. The third-order valence-electron chi connectivity index (χ3n) is 6.79. The Balaban J connectivity index is 1.19. The fourth-order valence-corrected chi connectivity index (χ4v) is 5.60. The molecule has 4 aromatic rings. The number of nitrogens with zero attached hydrogens (tertiary/aromatic N) is 6. The van der Waals surface area contributed by atoms with Gasteiger partial charge in [-0.25, -0.2) is 15.1 Å². The first-order chi connectivity index (χ1) is 21.9. The van der Waals surface area contributed by atoms with Crippen LogP contribution in [0.3, 0.4) is 0 Å².